The third-order valence-electron chi connectivity index (χ3n) is 3.23. The molecule has 0 amide bonds. The second-order valence-electron chi connectivity index (χ2n) is 4.55. The summed E-state index contributed by atoms with van der Waals surface area (Å²) >= 11 is 11.6. The van der Waals surface area contributed by atoms with Crippen LogP contribution in [-0.4, -0.2) is 15.3 Å². The zero-order chi connectivity index (χ0) is 16.0. The standard InChI is InChI=1S/C15H8Cl2O5/c16-10-13(20)9-12(19)8(6-1-3-7(18)4-2-6)5-22-15(9)11(17)14(10)21/h1-5,18,20-21H. The largest absolute Gasteiger partial charge is 0.508 e. The molecular formula is C15H8Cl2O5. The number of rotatable bonds is 1. The molecule has 0 saturated heterocycles. The number of fused-ring (bicyclic) bond motifs is 1. The smallest absolute Gasteiger partial charge is 0.204 e. The molecule has 0 fully saturated rings. The van der Waals surface area contributed by atoms with Crippen molar-refractivity contribution in [2.45, 2.75) is 0 Å². The summed E-state index contributed by atoms with van der Waals surface area (Å²) in [6.07, 6.45) is 1.16. The number of aromatic hydroxyl groups is 3. The van der Waals surface area contributed by atoms with E-state index in [4.69, 9.17) is 27.6 Å². The fourth-order valence-electron chi connectivity index (χ4n) is 2.11. The lowest BCUT2D eigenvalue weighted by Gasteiger charge is -2.09. The lowest BCUT2D eigenvalue weighted by Crippen LogP contribution is -2.05. The first-order valence-electron chi connectivity index (χ1n) is 6.05. The summed E-state index contributed by atoms with van der Waals surface area (Å²) in [5.74, 6) is -1.12. The van der Waals surface area contributed by atoms with E-state index in [0.29, 0.717) is 5.56 Å². The van der Waals surface area contributed by atoms with Crippen molar-refractivity contribution in [2.75, 3.05) is 0 Å². The fourth-order valence-corrected chi connectivity index (χ4v) is 2.58. The van der Waals surface area contributed by atoms with Crippen molar-refractivity contribution < 1.29 is 19.7 Å². The van der Waals surface area contributed by atoms with Gasteiger partial charge in [0.15, 0.2) is 17.1 Å². The third-order valence-corrected chi connectivity index (χ3v) is 3.94. The van der Waals surface area contributed by atoms with Gasteiger partial charge in [0.2, 0.25) is 5.43 Å². The highest BCUT2D eigenvalue weighted by Crippen LogP contribution is 2.44. The van der Waals surface area contributed by atoms with Crippen LogP contribution in [-0.2, 0) is 0 Å². The molecule has 0 saturated carbocycles. The first-order chi connectivity index (χ1) is 10.4. The zero-order valence-electron chi connectivity index (χ0n) is 10.8. The van der Waals surface area contributed by atoms with Crippen molar-refractivity contribution in [1.29, 1.82) is 0 Å². The summed E-state index contributed by atoms with van der Waals surface area (Å²) in [7, 11) is 0. The molecule has 0 radical (unpaired) electrons. The van der Waals surface area contributed by atoms with Crippen molar-refractivity contribution >= 4 is 34.2 Å². The Morgan fingerprint density at radius 3 is 2.18 bits per heavy atom. The van der Waals surface area contributed by atoms with Crippen LogP contribution in [0.5, 0.6) is 17.2 Å². The van der Waals surface area contributed by atoms with E-state index in [1.807, 2.05) is 0 Å². The second kappa shape index (κ2) is 5.12. The van der Waals surface area contributed by atoms with Crippen LogP contribution in [0.1, 0.15) is 0 Å². The van der Waals surface area contributed by atoms with Gasteiger partial charge in [0, 0.05) is 0 Å². The van der Waals surface area contributed by atoms with Crippen LogP contribution in [0.2, 0.25) is 10.0 Å². The summed E-state index contributed by atoms with van der Waals surface area (Å²) in [6.45, 7) is 0. The molecule has 22 heavy (non-hydrogen) atoms. The highest BCUT2D eigenvalue weighted by atomic mass is 35.5. The van der Waals surface area contributed by atoms with Crippen molar-refractivity contribution in [3.63, 3.8) is 0 Å². The first kappa shape index (κ1) is 14.6. The lowest BCUT2D eigenvalue weighted by molar-refractivity contribution is 0.452. The molecule has 3 N–H and O–H groups in total. The Balaban J connectivity index is 2.40. The van der Waals surface area contributed by atoms with Gasteiger partial charge in [0.25, 0.3) is 0 Å². The topological polar surface area (TPSA) is 90.9 Å². The lowest BCUT2D eigenvalue weighted by atomic mass is 10.0. The van der Waals surface area contributed by atoms with Crippen LogP contribution < -0.4 is 5.43 Å². The second-order valence-corrected chi connectivity index (χ2v) is 5.31. The van der Waals surface area contributed by atoms with E-state index in [2.05, 4.69) is 0 Å². The molecule has 3 rings (SSSR count). The maximum Gasteiger partial charge on any atom is 0.204 e. The van der Waals surface area contributed by atoms with Crippen molar-refractivity contribution in [3.8, 4) is 28.4 Å². The Bertz CT molecular complexity index is 945. The van der Waals surface area contributed by atoms with Crippen LogP contribution in [0.15, 0.2) is 39.7 Å². The predicted molar refractivity (Wildman–Crippen MR) is 82.9 cm³/mol. The van der Waals surface area contributed by atoms with Gasteiger partial charge in [-0.25, -0.2) is 0 Å². The van der Waals surface area contributed by atoms with Gasteiger partial charge in [-0.05, 0) is 17.7 Å². The summed E-state index contributed by atoms with van der Waals surface area (Å²) in [6, 6.07) is 5.87. The molecule has 1 aromatic heterocycles. The molecule has 0 aliphatic rings. The molecule has 1 heterocycles. The van der Waals surface area contributed by atoms with Gasteiger partial charge in [-0.3, -0.25) is 4.79 Å². The molecule has 0 spiro atoms. The van der Waals surface area contributed by atoms with Gasteiger partial charge < -0.3 is 19.7 Å². The van der Waals surface area contributed by atoms with Crippen LogP contribution in [0.4, 0.5) is 0 Å². The van der Waals surface area contributed by atoms with Crippen LogP contribution in [0.25, 0.3) is 22.1 Å². The molecule has 112 valence electrons. The van der Waals surface area contributed by atoms with E-state index in [9.17, 15) is 20.1 Å². The van der Waals surface area contributed by atoms with E-state index in [-0.39, 0.29) is 27.3 Å². The minimum Gasteiger partial charge on any atom is -0.508 e. The summed E-state index contributed by atoms with van der Waals surface area (Å²) in [5.41, 5.74) is -0.0874. The SMILES string of the molecule is O=c1c(-c2ccc(O)cc2)coc2c(Cl)c(O)c(Cl)c(O)c12. The van der Waals surface area contributed by atoms with Gasteiger partial charge in [-0.15, -0.1) is 0 Å². The molecule has 5 nitrogen and oxygen atoms in total. The molecule has 0 bridgehead atoms. The molecule has 0 atom stereocenters. The zero-order valence-corrected chi connectivity index (χ0v) is 12.3. The number of hydrogen-bond acceptors (Lipinski definition) is 5. The van der Waals surface area contributed by atoms with E-state index in [0.717, 1.165) is 6.26 Å². The number of phenolic OH excluding ortho intramolecular Hbond substituents is 3. The Hall–Kier alpha value is -2.37. The van der Waals surface area contributed by atoms with Gasteiger partial charge in [0.1, 0.15) is 27.4 Å². The normalized spacial score (nSPS) is 11.0. The molecular weight excluding hydrogens is 331 g/mol. The van der Waals surface area contributed by atoms with Gasteiger partial charge >= 0.3 is 0 Å². The van der Waals surface area contributed by atoms with E-state index in [1.54, 1.807) is 0 Å². The number of hydrogen-bond donors (Lipinski definition) is 3. The number of halogens is 2. The monoisotopic (exact) mass is 338 g/mol. The summed E-state index contributed by atoms with van der Waals surface area (Å²) in [5, 5.41) is 28.1. The van der Waals surface area contributed by atoms with Crippen molar-refractivity contribution in [2.24, 2.45) is 0 Å². The highest BCUT2D eigenvalue weighted by molar-refractivity contribution is 6.41. The van der Waals surface area contributed by atoms with Crippen LogP contribution in [0, 0.1) is 0 Å². The maximum atomic E-state index is 12.6. The van der Waals surface area contributed by atoms with Crippen molar-refractivity contribution in [3.05, 3.63) is 50.8 Å². The van der Waals surface area contributed by atoms with Gasteiger partial charge in [-0.1, -0.05) is 35.3 Å². The maximum absolute atomic E-state index is 12.6. The summed E-state index contributed by atoms with van der Waals surface area (Å²) < 4.78 is 5.28. The quantitative estimate of drug-likeness (QED) is 0.626. The number of phenols is 3. The Morgan fingerprint density at radius 1 is 0.909 bits per heavy atom. The average molecular weight is 339 g/mol. The predicted octanol–water partition coefficient (Wildman–Crippen LogP) is 3.88. The molecule has 0 aliphatic carbocycles. The minimum atomic E-state index is -0.604. The highest BCUT2D eigenvalue weighted by Gasteiger charge is 2.22. The first-order valence-corrected chi connectivity index (χ1v) is 6.81. The van der Waals surface area contributed by atoms with Crippen LogP contribution >= 0.6 is 23.2 Å². The molecule has 0 unspecified atom stereocenters. The third kappa shape index (κ3) is 2.06. The Morgan fingerprint density at radius 2 is 1.55 bits per heavy atom. The molecule has 7 heteroatoms. The molecule has 0 aliphatic heterocycles. The van der Waals surface area contributed by atoms with E-state index < -0.39 is 22.0 Å². The molecule has 2 aromatic carbocycles. The Labute approximate surface area is 133 Å². The van der Waals surface area contributed by atoms with Gasteiger partial charge in [-0.2, -0.15) is 0 Å². The van der Waals surface area contributed by atoms with Gasteiger partial charge in [0.05, 0.1) is 5.56 Å². The minimum absolute atomic E-state index is 0.0489. The number of benzene rings is 2. The fraction of sp³-hybridized carbons (Fsp3) is 0. The van der Waals surface area contributed by atoms with Crippen molar-refractivity contribution in [1.82, 2.24) is 0 Å². The summed E-state index contributed by atoms with van der Waals surface area (Å²) in [4.78, 5) is 12.6. The van der Waals surface area contributed by atoms with Crippen LogP contribution in [0.3, 0.4) is 0 Å². The van der Waals surface area contributed by atoms with E-state index in [1.165, 1.54) is 24.3 Å². The molecule has 3 aromatic rings. The van der Waals surface area contributed by atoms with E-state index >= 15 is 0 Å². The Kier molecular flexibility index (Phi) is 3.39. The average Bonchev–Trinajstić information content (AvgIpc) is 2.51.